The van der Waals surface area contributed by atoms with Gasteiger partial charge >= 0.3 is 0 Å². The molecule has 1 aliphatic carbocycles. The van der Waals surface area contributed by atoms with Crippen molar-refractivity contribution in [1.29, 1.82) is 0 Å². The molecule has 1 amide bonds. The fourth-order valence-electron chi connectivity index (χ4n) is 2.95. The molecule has 2 fully saturated rings. The first-order valence-electron chi connectivity index (χ1n) is 6.69. The van der Waals surface area contributed by atoms with E-state index < -0.39 is 0 Å². The van der Waals surface area contributed by atoms with E-state index in [1.165, 1.54) is 12.8 Å². The summed E-state index contributed by atoms with van der Waals surface area (Å²) in [7, 11) is 0. The van der Waals surface area contributed by atoms with Crippen molar-refractivity contribution >= 4 is 5.91 Å². The van der Waals surface area contributed by atoms with Gasteiger partial charge < -0.3 is 10.6 Å². The van der Waals surface area contributed by atoms with E-state index in [2.05, 4.69) is 24.5 Å². The van der Waals surface area contributed by atoms with E-state index in [1.807, 2.05) is 0 Å². The quantitative estimate of drug-likeness (QED) is 0.749. The van der Waals surface area contributed by atoms with Gasteiger partial charge in [0.2, 0.25) is 5.91 Å². The Morgan fingerprint density at radius 3 is 2.50 bits per heavy atom. The molecule has 16 heavy (non-hydrogen) atoms. The van der Waals surface area contributed by atoms with Crippen molar-refractivity contribution in [3.63, 3.8) is 0 Å². The number of hydrogen-bond acceptors (Lipinski definition) is 2. The van der Waals surface area contributed by atoms with Gasteiger partial charge in [-0.25, -0.2) is 0 Å². The minimum Gasteiger partial charge on any atom is -0.352 e. The zero-order valence-electron chi connectivity index (χ0n) is 10.5. The molecule has 2 N–H and O–H groups in total. The van der Waals surface area contributed by atoms with Crippen molar-refractivity contribution < 1.29 is 4.79 Å². The lowest BCUT2D eigenvalue weighted by molar-refractivity contribution is -0.124. The van der Waals surface area contributed by atoms with Crippen molar-refractivity contribution in [2.75, 3.05) is 6.54 Å². The second kappa shape index (κ2) is 5.17. The Morgan fingerprint density at radius 1 is 1.12 bits per heavy atom. The van der Waals surface area contributed by atoms with E-state index in [0.29, 0.717) is 12.0 Å². The zero-order chi connectivity index (χ0) is 11.5. The van der Waals surface area contributed by atoms with Crippen molar-refractivity contribution in [3.8, 4) is 0 Å². The molecule has 4 unspecified atom stereocenters. The number of piperidine rings is 1. The number of amides is 1. The van der Waals surface area contributed by atoms with Crippen molar-refractivity contribution in [2.45, 2.75) is 58.0 Å². The van der Waals surface area contributed by atoms with Crippen LogP contribution in [-0.2, 0) is 4.79 Å². The highest BCUT2D eigenvalue weighted by molar-refractivity contribution is 5.82. The fraction of sp³-hybridized carbons (Fsp3) is 0.923. The minimum absolute atomic E-state index is 0.0552. The van der Waals surface area contributed by atoms with E-state index in [1.54, 1.807) is 0 Å². The van der Waals surface area contributed by atoms with Crippen LogP contribution in [0.3, 0.4) is 0 Å². The van der Waals surface area contributed by atoms with Gasteiger partial charge in [0.1, 0.15) is 0 Å². The molecule has 2 aliphatic rings. The molecule has 3 heteroatoms. The van der Waals surface area contributed by atoms with Gasteiger partial charge in [-0.15, -0.1) is 0 Å². The summed E-state index contributed by atoms with van der Waals surface area (Å²) in [5.74, 6) is 1.69. The Balaban J connectivity index is 1.78. The maximum Gasteiger partial charge on any atom is 0.237 e. The molecule has 3 nitrogen and oxygen atoms in total. The SMILES string of the molecule is CC1CCC(NC(=O)C2CC(C)CCN2)C1. The van der Waals surface area contributed by atoms with Crippen LogP contribution in [-0.4, -0.2) is 24.5 Å². The molecular formula is C13H24N2O. The molecule has 0 aromatic carbocycles. The van der Waals surface area contributed by atoms with Crippen molar-refractivity contribution in [2.24, 2.45) is 11.8 Å². The highest BCUT2D eigenvalue weighted by Gasteiger charge is 2.28. The predicted molar refractivity (Wildman–Crippen MR) is 65.1 cm³/mol. The van der Waals surface area contributed by atoms with Crippen LogP contribution in [0, 0.1) is 11.8 Å². The second-order valence-corrected chi connectivity index (χ2v) is 5.76. The monoisotopic (exact) mass is 224 g/mol. The molecule has 1 heterocycles. The third kappa shape index (κ3) is 2.97. The van der Waals surface area contributed by atoms with Crippen LogP contribution in [0.5, 0.6) is 0 Å². The Hall–Kier alpha value is -0.570. The third-order valence-corrected chi connectivity index (χ3v) is 4.02. The van der Waals surface area contributed by atoms with Crippen LogP contribution in [0.2, 0.25) is 0 Å². The highest BCUT2D eigenvalue weighted by atomic mass is 16.2. The molecule has 1 saturated carbocycles. The minimum atomic E-state index is 0.0552. The van der Waals surface area contributed by atoms with Gasteiger partial charge in [-0.05, 0) is 50.5 Å². The van der Waals surface area contributed by atoms with E-state index in [-0.39, 0.29) is 11.9 Å². The number of carbonyl (C=O) groups excluding carboxylic acids is 1. The standard InChI is InChI=1S/C13H24N2O/c1-9-3-4-11(7-9)15-13(16)12-8-10(2)5-6-14-12/h9-12,14H,3-8H2,1-2H3,(H,15,16). The van der Waals surface area contributed by atoms with Gasteiger partial charge in [-0.2, -0.15) is 0 Å². The molecule has 4 atom stereocenters. The normalized spacial score (nSPS) is 39.6. The van der Waals surface area contributed by atoms with Crippen LogP contribution in [0.4, 0.5) is 0 Å². The molecular weight excluding hydrogens is 200 g/mol. The Labute approximate surface area is 98.4 Å². The number of hydrogen-bond donors (Lipinski definition) is 2. The summed E-state index contributed by atoms with van der Waals surface area (Å²) in [6.07, 6.45) is 5.78. The van der Waals surface area contributed by atoms with E-state index in [4.69, 9.17) is 0 Å². The van der Waals surface area contributed by atoms with Crippen LogP contribution >= 0.6 is 0 Å². The summed E-state index contributed by atoms with van der Waals surface area (Å²) in [6, 6.07) is 0.487. The number of nitrogens with one attached hydrogen (secondary N) is 2. The lowest BCUT2D eigenvalue weighted by atomic mass is 9.94. The maximum atomic E-state index is 12.0. The molecule has 0 bridgehead atoms. The fourth-order valence-corrected chi connectivity index (χ4v) is 2.95. The summed E-state index contributed by atoms with van der Waals surface area (Å²) in [5, 5.41) is 6.52. The first-order chi connectivity index (χ1) is 7.65. The predicted octanol–water partition coefficient (Wildman–Crippen LogP) is 1.68. The van der Waals surface area contributed by atoms with Crippen molar-refractivity contribution in [3.05, 3.63) is 0 Å². The topological polar surface area (TPSA) is 41.1 Å². The molecule has 0 radical (unpaired) electrons. The second-order valence-electron chi connectivity index (χ2n) is 5.76. The number of carbonyl (C=O) groups is 1. The van der Waals surface area contributed by atoms with Gasteiger partial charge in [-0.3, -0.25) is 4.79 Å². The first-order valence-corrected chi connectivity index (χ1v) is 6.69. The first kappa shape index (κ1) is 11.9. The van der Waals surface area contributed by atoms with E-state index in [9.17, 15) is 4.79 Å². The lowest BCUT2D eigenvalue weighted by Gasteiger charge is -2.28. The van der Waals surface area contributed by atoms with E-state index in [0.717, 1.165) is 31.7 Å². The molecule has 2 rings (SSSR count). The molecule has 1 saturated heterocycles. The maximum absolute atomic E-state index is 12.0. The molecule has 0 spiro atoms. The van der Waals surface area contributed by atoms with E-state index >= 15 is 0 Å². The van der Waals surface area contributed by atoms with Gasteiger partial charge in [0, 0.05) is 6.04 Å². The summed E-state index contributed by atoms with van der Waals surface area (Å²) in [5.41, 5.74) is 0. The van der Waals surface area contributed by atoms with Gasteiger partial charge in [0.25, 0.3) is 0 Å². The summed E-state index contributed by atoms with van der Waals surface area (Å²) in [6.45, 7) is 5.49. The highest BCUT2D eigenvalue weighted by Crippen LogP contribution is 2.25. The van der Waals surface area contributed by atoms with Gasteiger partial charge in [0.05, 0.1) is 6.04 Å². The molecule has 0 aromatic rings. The summed E-state index contributed by atoms with van der Waals surface area (Å²) < 4.78 is 0. The van der Waals surface area contributed by atoms with Gasteiger partial charge in [0.15, 0.2) is 0 Å². The lowest BCUT2D eigenvalue weighted by Crippen LogP contribution is -2.50. The molecule has 92 valence electrons. The summed E-state index contributed by atoms with van der Waals surface area (Å²) >= 11 is 0. The third-order valence-electron chi connectivity index (χ3n) is 4.02. The average Bonchev–Trinajstić information content (AvgIpc) is 2.64. The smallest absolute Gasteiger partial charge is 0.237 e. The Morgan fingerprint density at radius 2 is 1.88 bits per heavy atom. The largest absolute Gasteiger partial charge is 0.352 e. The van der Waals surface area contributed by atoms with Crippen LogP contribution in [0.25, 0.3) is 0 Å². The summed E-state index contributed by atoms with van der Waals surface area (Å²) in [4.78, 5) is 12.0. The van der Waals surface area contributed by atoms with Crippen LogP contribution < -0.4 is 10.6 Å². The Bertz CT molecular complexity index is 254. The zero-order valence-corrected chi connectivity index (χ0v) is 10.5. The molecule has 0 aromatic heterocycles. The molecule has 1 aliphatic heterocycles. The average molecular weight is 224 g/mol. The van der Waals surface area contributed by atoms with Crippen LogP contribution in [0.1, 0.15) is 46.0 Å². The van der Waals surface area contributed by atoms with Crippen molar-refractivity contribution in [1.82, 2.24) is 10.6 Å². The Kier molecular flexibility index (Phi) is 3.85. The van der Waals surface area contributed by atoms with Crippen LogP contribution in [0.15, 0.2) is 0 Å². The number of rotatable bonds is 2. The van der Waals surface area contributed by atoms with Gasteiger partial charge in [-0.1, -0.05) is 13.8 Å².